The first-order chi connectivity index (χ1) is 7.16. The summed E-state index contributed by atoms with van der Waals surface area (Å²) in [6.45, 7) is 3.75. The molecule has 4 heteroatoms. The van der Waals surface area contributed by atoms with Gasteiger partial charge in [0, 0.05) is 22.0 Å². The van der Waals surface area contributed by atoms with Crippen molar-refractivity contribution in [2.75, 3.05) is 0 Å². The smallest absolute Gasteiger partial charge is 0.212 e. The number of carbonyl (C=O) groups is 1. The molecule has 0 bridgehead atoms. The number of thiophene rings is 1. The van der Waals surface area contributed by atoms with Gasteiger partial charge >= 0.3 is 0 Å². The van der Waals surface area contributed by atoms with Gasteiger partial charge in [0.2, 0.25) is 5.78 Å². The summed E-state index contributed by atoms with van der Waals surface area (Å²) < 4.78 is 0. The summed E-state index contributed by atoms with van der Waals surface area (Å²) in [6.07, 6.45) is 1.61. The van der Waals surface area contributed by atoms with Gasteiger partial charge in [0.15, 0.2) is 0 Å². The van der Waals surface area contributed by atoms with Gasteiger partial charge in [0.05, 0.1) is 0 Å². The van der Waals surface area contributed by atoms with E-state index < -0.39 is 0 Å². The molecule has 0 aliphatic rings. The van der Waals surface area contributed by atoms with E-state index >= 15 is 0 Å². The lowest BCUT2D eigenvalue weighted by atomic mass is 10.1. The van der Waals surface area contributed by atoms with Crippen LogP contribution in [-0.2, 0) is 0 Å². The number of rotatable bonds is 2. The third-order valence-corrected chi connectivity index (χ3v) is 2.86. The Balaban J connectivity index is 2.36. The lowest BCUT2D eigenvalue weighted by Gasteiger charge is -1.97. The highest BCUT2D eigenvalue weighted by molar-refractivity contribution is 7.10. The molecule has 2 aromatic rings. The molecule has 0 saturated carbocycles. The minimum absolute atomic E-state index is 0.0372. The van der Waals surface area contributed by atoms with Crippen molar-refractivity contribution in [2.24, 2.45) is 0 Å². The molecular weight excluding hydrogens is 208 g/mol. The Morgan fingerprint density at radius 1 is 1.40 bits per heavy atom. The fourth-order valence-electron chi connectivity index (χ4n) is 1.29. The molecule has 76 valence electrons. The number of hydrogen-bond donors (Lipinski definition) is 0. The molecule has 0 aliphatic heterocycles. The fraction of sp³-hybridized carbons (Fsp3) is 0.182. The normalized spacial score (nSPS) is 10.3. The first kappa shape index (κ1) is 9.98. The first-order valence-electron chi connectivity index (χ1n) is 4.56. The summed E-state index contributed by atoms with van der Waals surface area (Å²) in [5, 5.41) is 1.86. The zero-order valence-electron chi connectivity index (χ0n) is 8.52. The summed E-state index contributed by atoms with van der Waals surface area (Å²) in [6, 6.07) is 3.52. The highest BCUT2D eigenvalue weighted by Crippen LogP contribution is 2.16. The van der Waals surface area contributed by atoms with Gasteiger partial charge in [0.25, 0.3) is 0 Å². The number of carbonyl (C=O) groups excluding carboxylic acids is 1. The Hall–Kier alpha value is -1.55. The van der Waals surface area contributed by atoms with Crippen molar-refractivity contribution in [1.82, 2.24) is 9.97 Å². The van der Waals surface area contributed by atoms with Crippen molar-refractivity contribution in [3.63, 3.8) is 0 Å². The lowest BCUT2D eigenvalue weighted by Crippen LogP contribution is -2.04. The molecule has 2 aromatic heterocycles. The third-order valence-electron chi connectivity index (χ3n) is 2.00. The maximum Gasteiger partial charge on any atom is 0.212 e. The standard InChI is InChI=1S/C11H10N2OS/c1-7-5-9(6-15-7)11(14)10-3-4-12-8(2)13-10/h3-6H,1-2H3. The van der Waals surface area contributed by atoms with Crippen molar-refractivity contribution in [2.45, 2.75) is 13.8 Å². The Morgan fingerprint density at radius 2 is 2.20 bits per heavy atom. The quantitative estimate of drug-likeness (QED) is 0.727. The highest BCUT2D eigenvalue weighted by atomic mass is 32.1. The van der Waals surface area contributed by atoms with E-state index in [4.69, 9.17) is 0 Å². The number of aromatic nitrogens is 2. The van der Waals surface area contributed by atoms with E-state index in [1.54, 1.807) is 30.5 Å². The van der Waals surface area contributed by atoms with Crippen LogP contribution in [0.2, 0.25) is 0 Å². The van der Waals surface area contributed by atoms with Crippen LogP contribution < -0.4 is 0 Å². The van der Waals surface area contributed by atoms with Crippen LogP contribution in [0.15, 0.2) is 23.7 Å². The Labute approximate surface area is 91.8 Å². The molecule has 3 nitrogen and oxygen atoms in total. The van der Waals surface area contributed by atoms with E-state index in [0.717, 1.165) is 4.88 Å². The van der Waals surface area contributed by atoms with Crippen molar-refractivity contribution in [3.8, 4) is 0 Å². The van der Waals surface area contributed by atoms with Crippen molar-refractivity contribution < 1.29 is 4.79 Å². The molecule has 0 radical (unpaired) electrons. The van der Waals surface area contributed by atoms with Gasteiger partial charge in [-0.2, -0.15) is 0 Å². The van der Waals surface area contributed by atoms with E-state index in [2.05, 4.69) is 9.97 Å². The SMILES string of the molecule is Cc1nccc(C(=O)c2csc(C)c2)n1. The summed E-state index contributed by atoms with van der Waals surface area (Å²) in [5.41, 5.74) is 1.16. The second-order valence-corrected chi connectivity index (χ2v) is 4.38. The third kappa shape index (κ3) is 2.10. The van der Waals surface area contributed by atoms with E-state index in [-0.39, 0.29) is 5.78 Å². The van der Waals surface area contributed by atoms with Crippen LogP contribution in [0.1, 0.15) is 26.8 Å². The van der Waals surface area contributed by atoms with Gasteiger partial charge in [-0.25, -0.2) is 9.97 Å². The molecule has 15 heavy (non-hydrogen) atoms. The van der Waals surface area contributed by atoms with Crippen LogP contribution in [0, 0.1) is 13.8 Å². The Kier molecular flexibility index (Phi) is 2.60. The molecule has 2 heterocycles. The molecule has 0 aromatic carbocycles. The average Bonchev–Trinajstić information content (AvgIpc) is 2.64. The second-order valence-electron chi connectivity index (χ2n) is 3.26. The van der Waals surface area contributed by atoms with Crippen LogP contribution in [-0.4, -0.2) is 15.8 Å². The van der Waals surface area contributed by atoms with Crippen LogP contribution in [0.3, 0.4) is 0 Å². The monoisotopic (exact) mass is 218 g/mol. The zero-order chi connectivity index (χ0) is 10.8. The number of nitrogens with zero attached hydrogens (tertiary/aromatic N) is 2. The van der Waals surface area contributed by atoms with E-state index in [0.29, 0.717) is 17.1 Å². The van der Waals surface area contributed by atoms with Crippen LogP contribution in [0.5, 0.6) is 0 Å². The molecule has 0 aliphatic carbocycles. The molecule has 0 saturated heterocycles. The van der Waals surface area contributed by atoms with E-state index in [1.165, 1.54) is 0 Å². The largest absolute Gasteiger partial charge is 0.287 e. The Bertz CT molecular complexity index is 505. The highest BCUT2D eigenvalue weighted by Gasteiger charge is 2.11. The number of aryl methyl sites for hydroxylation is 2. The fourth-order valence-corrected chi connectivity index (χ4v) is 1.98. The number of ketones is 1. The van der Waals surface area contributed by atoms with Gasteiger partial charge in [-0.3, -0.25) is 4.79 Å². The van der Waals surface area contributed by atoms with Gasteiger partial charge in [-0.1, -0.05) is 0 Å². The van der Waals surface area contributed by atoms with Crippen LogP contribution in [0.25, 0.3) is 0 Å². The van der Waals surface area contributed by atoms with Gasteiger partial charge < -0.3 is 0 Å². The van der Waals surface area contributed by atoms with Crippen LogP contribution in [0.4, 0.5) is 0 Å². The molecular formula is C11H10N2OS. The van der Waals surface area contributed by atoms with E-state index in [9.17, 15) is 4.79 Å². The van der Waals surface area contributed by atoms with Crippen molar-refractivity contribution in [1.29, 1.82) is 0 Å². The summed E-state index contributed by atoms with van der Waals surface area (Å²) in [4.78, 5) is 21.1. The summed E-state index contributed by atoms with van der Waals surface area (Å²) in [7, 11) is 0. The molecule has 2 rings (SSSR count). The molecule has 0 N–H and O–H groups in total. The number of hydrogen-bond acceptors (Lipinski definition) is 4. The second kappa shape index (κ2) is 3.90. The topological polar surface area (TPSA) is 42.9 Å². The molecule has 0 atom stereocenters. The molecule has 0 fully saturated rings. The molecule has 0 unspecified atom stereocenters. The first-order valence-corrected chi connectivity index (χ1v) is 5.44. The average molecular weight is 218 g/mol. The predicted molar refractivity (Wildman–Crippen MR) is 59.3 cm³/mol. The summed E-state index contributed by atoms with van der Waals surface area (Å²) >= 11 is 1.57. The minimum atomic E-state index is -0.0372. The zero-order valence-corrected chi connectivity index (χ0v) is 9.34. The van der Waals surface area contributed by atoms with Gasteiger partial charge in [0.1, 0.15) is 11.5 Å². The van der Waals surface area contributed by atoms with Crippen LogP contribution >= 0.6 is 11.3 Å². The summed E-state index contributed by atoms with van der Waals surface area (Å²) in [5.74, 6) is 0.581. The van der Waals surface area contributed by atoms with Crippen molar-refractivity contribution >= 4 is 17.1 Å². The Morgan fingerprint density at radius 3 is 2.80 bits per heavy atom. The van der Waals surface area contributed by atoms with Gasteiger partial charge in [-0.15, -0.1) is 11.3 Å². The van der Waals surface area contributed by atoms with Gasteiger partial charge in [-0.05, 0) is 26.0 Å². The molecule has 0 spiro atoms. The minimum Gasteiger partial charge on any atom is -0.287 e. The maximum atomic E-state index is 11.9. The maximum absolute atomic E-state index is 11.9. The lowest BCUT2D eigenvalue weighted by molar-refractivity contribution is 0.103. The van der Waals surface area contributed by atoms with Crippen molar-refractivity contribution in [3.05, 3.63) is 45.7 Å². The molecule has 0 amide bonds. The predicted octanol–water partition coefficient (Wildman–Crippen LogP) is 2.39. The van der Waals surface area contributed by atoms with E-state index in [1.807, 2.05) is 18.4 Å².